The van der Waals surface area contributed by atoms with Crippen LogP contribution >= 0.6 is 0 Å². The number of unbranched alkanes of at least 4 members (excludes halogenated alkanes) is 2. The lowest BCUT2D eigenvalue weighted by Crippen LogP contribution is -2.30. The summed E-state index contributed by atoms with van der Waals surface area (Å²) in [6.45, 7) is 6.97. The zero-order chi connectivity index (χ0) is 22.7. The Balaban J connectivity index is 1.55. The molecule has 2 heteroatoms. The number of hydrogen-bond donors (Lipinski definition) is 0. The van der Waals surface area contributed by atoms with E-state index in [2.05, 4.69) is 54.4 Å². The Morgan fingerprint density at radius 1 is 0.938 bits per heavy atom. The highest BCUT2D eigenvalue weighted by molar-refractivity contribution is 5.34. The van der Waals surface area contributed by atoms with Gasteiger partial charge in [0.1, 0.15) is 0 Å². The van der Waals surface area contributed by atoms with E-state index in [0.29, 0.717) is 17.7 Å². The average molecular weight is 433 g/mol. The maximum absolute atomic E-state index is 4.51. The smallest absolute Gasteiger partial charge is 0.204 e. The van der Waals surface area contributed by atoms with Gasteiger partial charge in [-0.3, -0.25) is 0 Å². The number of aromatic nitrogens is 2. The summed E-state index contributed by atoms with van der Waals surface area (Å²) in [5.74, 6) is 16.6. The molecule has 1 atom stereocenters. The summed E-state index contributed by atoms with van der Waals surface area (Å²) in [5, 5.41) is 0. The third-order valence-corrected chi connectivity index (χ3v) is 7.97. The van der Waals surface area contributed by atoms with E-state index >= 15 is 0 Å². The third-order valence-electron chi connectivity index (χ3n) is 7.97. The van der Waals surface area contributed by atoms with Gasteiger partial charge in [0.05, 0.1) is 5.56 Å². The van der Waals surface area contributed by atoms with Gasteiger partial charge in [-0.05, 0) is 62.7 Å². The minimum Gasteiger partial charge on any atom is -0.228 e. The molecule has 0 radical (unpaired) electrons. The van der Waals surface area contributed by atoms with Gasteiger partial charge in [0, 0.05) is 23.7 Å². The summed E-state index contributed by atoms with van der Waals surface area (Å²) >= 11 is 0. The van der Waals surface area contributed by atoms with Gasteiger partial charge in [-0.2, -0.15) is 0 Å². The van der Waals surface area contributed by atoms with Gasteiger partial charge >= 0.3 is 0 Å². The minimum atomic E-state index is 0.183. The second kappa shape index (κ2) is 13.0. The summed E-state index contributed by atoms with van der Waals surface area (Å²) < 4.78 is 0. The molecule has 0 bridgehead atoms. The minimum absolute atomic E-state index is 0.183. The molecule has 3 rings (SSSR count). The molecule has 1 aromatic rings. The lowest BCUT2D eigenvalue weighted by Gasteiger charge is -2.38. The van der Waals surface area contributed by atoms with Crippen LogP contribution in [0.4, 0.5) is 0 Å². The van der Waals surface area contributed by atoms with E-state index in [-0.39, 0.29) is 5.41 Å². The zero-order valence-electron chi connectivity index (χ0n) is 20.9. The molecule has 1 unspecified atom stereocenters. The fourth-order valence-corrected chi connectivity index (χ4v) is 5.73. The Kier molecular flexibility index (Phi) is 10.1. The molecule has 0 spiro atoms. The first-order chi connectivity index (χ1) is 15.6. The average Bonchev–Trinajstić information content (AvgIpc) is 2.84. The van der Waals surface area contributed by atoms with Crippen LogP contribution in [0.25, 0.3) is 0 Å². The Labute approximate surface area is 197 Å². The van der Waals surface area contributed by atoms with Crippen LogP contribution in [0.5, 0.6) is 0 Å². The van der Waals surface area contributed by atoms with Gasteiger partial charge in [0.25, 0.3) is 0 Å². The van der Waals surface area contributed by atoms with Crippen molar-refractivity contribution in [3.63, 3.8) is 0 Å². The Bertz CT molecular complexity index is 787. The first kappa shape index (κ1) is 24.8. The predicted octanol–water partition coefficient (Wildman–Crippen LogP) is 7.95. The van der Waals surface area contributed by atoms with Crippen LogP contribution < -0.4 is 0 Å². The molecular weight excluding hydrogens is 388 g/mol. The van der Waals surface area contributed by atoms with E-state index in [1.54, 1.807) is 0 Å². The van der Waals surface area contributed by atoms with Crippen LogP contribution in [0.2, 0.25) is 0 Å². The third kappa shape index (κ3) is 7.37. The highest BCUT2D eigenvalue weighted by atomic mass is 14.8. The van der Waals surface area contributed by atoms with Crippen molar-refractivity contribution in [1.29, 1.82) is 0 Å². The molecule has 2 aliphatic rings. The second-order valence-corrected chi connectivity index (χ2v) is 10.4. The summed E-state index contributed by atoms with van der Waals surface area (Å²) in [7, 11) is 0. The van der Waals surface area contributed by atoms with Gasteiger partial charge in [-0.1, -0.05) is 89.9 Å². The first-order valence-corrected chi connectivity index (χ1v) is 13.5. The largest absolute Gasteiger partial charge is 0.228 e. The molecule has 2 nitrogen and oxygen atoms in total. The molecule has 174 valence electrons. The zero-order valence-corrected chi connectivity index (χ0v) is 20.9. The van der Waals surface area contributed by atoms with Gasteiger partial charge < -0.3 is 0 Å². The van der Waals surface area contributed by atoms with Gasteiger partial charge in [0.2, 0.25) is 5.82 Å². The topological polar surface area (TPSA) is 25.8 Å². The van der Waals surface area contributed by atoms with E-state index in [1.807, 2.05) is 12.4 Å². The molecule has 1 heterocycles. The van der Waals surface area contributed by atoms with Gasteiger partial charge in [-0.25, -0.2) is 9.97 Å². The molecule has 2 fully saturated rings. The molecule has 2 aliphatic carbocycles. The maximum atomic E-state index is 4.51. The van der Waals surface area contributed by atoms with Crippen molar-refractivity contribution in [1.82, 2.24) is 9.97 Å². The van der Waals surface area contributed by atoms with Crippen LogP contribution in [0, 0.1) is 46.9 Å². The van der Waals surface area contributed by atoms with Crippen molar-refractivity contribution in [2.75, 3.05) is 0 Å². The SMILES string of the molecule is CCCCC[C@H]1CC[C@H](C#Cc2ncc(C#CC3(C(C)CCC)CCCCC3)cn2)CC1. The molecule has 0 saturated heterocycles. The lowest BCUT2D eigenvalue weighted by molar-refractivity contribution is 0.171. The number of nitrogens with zero attached hydrogens (tertiary/aromatic N) is 2. The molecule has 0 aromatic carbocycles. The predicted molar refractivity (Wildman–Crippen MR) is 135 cm³/mol. The summed E-state index contributed by atoms with van der Waals surface area (Å²) in [6.07, 6.45) is 23.4. The Hall–Kier alpha value is -1.80. The van der Waals surface area contributed by atoms with E-state index in [1.165, 1.54) is 96.3 Å². The van der Waals surface area contributed by atoms with Gasteiger partial charge in [-0.15, -0.1) is 0 Å². The molecule has 0 N–H and O–H groups in total. The van der Waals surface area contributed by atoms with E-state index in [0.717, 1.165) is 11.5 Å². The van der Waals surface area contributed by atoms with E-state index in [9.17, 15) is 0 Å². The molecule has 0 aliphatic heterocycles. The van der Waals surface area contributed by atoms with Crippen LogP contribution in [-0.4, -0.2) is 9.97 Å². The summed E-state index contributed by atoms with van der Waals surface area (Å²) in [6, 6.07) is 0. The fourth-order valence-electron chi connectivity index (χ4n) is 5.73. The highest BCUT2D eigenvalue weighted by Gasteiger charge is 2.35. The van der Waals surface area contributed by atoms with Crippen molar-refractivity contribution in [3.8, 4) is 23.7 Å². The normalized spacial score (nSPS) is 23.3. The first-order valence-electron chi connectivity index (χ1n) is 13.5. The molecule has 0 amide bonds. The Morgan fingerprint density at radius 2 is 1.66 bits per heavy atom. The van der Waals surface area contributed by atoms with Crippen LogP contribution in [0.1, 0.15) is 128 Å². The van der Waals surface area contributed by atoms with Crippen molar-refractivity contribution in [2.24, 2.45) is 23.2 Å². The monoisotopic (exact) mass is 432 g/mol. The lowest BCUT2D eigenvalue weighted by atomic mass is 9.65. The van der Waals surface area contributed by atoms with Crippen LogP contribution in [0.3, 0.4) is 0 Å². The van der Waals surface area contributed by atoms with E-state index in [4.69, 9.17) is 0 Å². The second-order valence-electron chi connectivity index (χ2n) is 10.4. The molecule has 2 saturated carbocycles. The Morgan fingerprint density at radius 3 is 2.31 bits per heavy atom. The van der Waals surface area contributed by atoms with Crippen LogP contribution in [0.15, 0.2) is 12.4 Å². The van der Waals surface area contributed by atoms with Crippen LogP contribution in [-0.2, 0) is 0 Å². The molecule has 1 aromatic heterocycles. The summed E-state index contributed by atoms with van der Waals surface area (Å²) in [4.78, 5) is 9.02. The van der Waals surface area contributed by atoms with Crippen molar-refractivity contribution in [3.05, 3.63) is 23.8 Å². The number of rotatable bonds is 7. The van der Waals surface area contributed by atoms with Crippen molar-refractivity contribution < 1.29 is 0 Å². The van der Waals surface area contributed by atoms with Crippen molar-refractivity contribution >= 4 is 0 Å². The highest BCUT2D eigenvalue weighted by Crippen LogP contribution is 2.44. The standard InChI is InChI=1S/C30H44N2/c1-4-6-8-12-26-13-15-27(16-14-26)17-18-29-31-23-28(24-32-29)19-22-30(25(3)11-5-2)20-9-7-10-21-30/h23-27H,4-16,20-21H2,1-3H3/t25?,26-,27-. The van der Waals surface area contributed by atoms with E-state index < -0.39 is 0 Å². The van der Waals surface area contributed by atoms with Crippen molar-refractivity contribution in [2.45, 2.75) is 117 Å². The van der Waals surface area contributed by atoms with Gasteiger partial charge in [0.15, 0.2) is 0 Å². The molecular formula is C30H44N2. The summed E-state index contributed by atoms with van der Waals surface area (Å²) in [5.41, 5.74) is 1.11. The number of hydrogen-bond acceptors (Lipinski definition) is 2. The fraction of sp³-hybridized carbons (Fsp3) is 0.733. The molecule has 32 heavy (non-hydrogen) atoms. The quantitative estimate of drug-likeness (QED) is 0.323. The maximum Gasteiger partial charge on any atom is 0.204 e.